The Balaban J connectivity index is 2.68. The Kier molecular flexibility index (Phi) is 7.11. The molecule has 1 aromatic carbocycles. The maximum atomic E-state index is 8.82. The fraction of sp³-hybridized carbons (Fsp3) is 0.600. The Morgan fingerprint density at radius 2 is 1.95 bits per heavy atom. The van der Waals surface area contributed by atoms with Gasteiger partial charge in [0.2, 0.25) is 0 Å². The first-order valence-corrected chi connectivity index (χ1v) is 6.90. The van der Waals surface area contributed by atoms with E-state index in [-0.39, 0.29) is 13.2 Å². The minimum absolute atomic E-state index is 0.00540. The summed E-state index contributed by atoms with van der Waals surface area (Å²) in [6.07, 6.45) is 2.35. The molecule has 0 aliphatic heterocycles. The summed E-state index contributed by atoms with van der Waals surface area (Å²) in [5.41, 5.74) is 1.01. The van der Waals surface area contributed by atoms with Crippen LogP contribution in [0.2, 0.25) is 0 Å². The number of aliphatic hydroxyl groups is 1. The lowest BCUT2D eigenvalue weighted by atomic mass is 10.0. The maximum Gasteiger partial charge on any atom is 0.163 e. The Labute approximate surface area is 115 Å². The molecule has 0 heterocycles. The third kappa shape index (κ3) is 4.99. The molecule has 108 valence electrons. The molecule has 1 rings (SSSR count). The molecule has 0 saturated carbocycles. The van der Waals surface area contributed by atoms with Gasteiger partial charge in [0.15, 0.2) is 11.5 Å². The van der Waals surface area contributed by atoms with Gasteiger partial charge < -0.3 is 19.9 Å². The van der Waals surface area contributed by atoms with Gasteiger partial charge in [-0.3, -0.25) is 0 Å². The van der Waals surface area contributed by atoms with Crippen LogP contribution in [0.5, 0.6) is 11.5 Å². The second-order valence-corrected chi connectivity index (χ2v) is 4.50. The summed E-state index contributed by atoms with van der Waals surface area (Å²) in [7, 11) is 1.61. The van der Waals surface area contributed by atoms with Gasteiger partial charge in [-0.1, -0.05) is 26.7 Å². The number of benzene rings is 1. The van der Waals surface area contributed by atoms with E-state index in [0.29, 0.717) is 17.4 Å². The summed E-state index contributed by atoms with van der Waals surface area (Å²) in [6.45, 7) is 5.64. The molecule has 4 heteroatoms. The summed E-state index contributed by atoms with van der Waals surface area (Å²) in [4.78, 5) is 0. The van der Waals surface area contributed by atoms with E-state index in [4.69, 9.17) is 14.6 Å². The largest absolute Gasteiger partial charge is 0.493 e. The molecule has 1 aromatic rings. The fourth-order valence-corrected chi connectivity index (χ4v) is 1.89. The van der Waals surface area contributed by atoms with Gasteiger partial charge in [-0.15, -0.1) is 0 Å². The zero-order chi connectivity index (χ0) is 14.1. The predicted molar refractivity (Wildman–Crippen MR) is 78.1 cm³/mol. The van der Waals surface area contributed by atoms with Gasteiger partial charge in [-0.25, -0.2) is 0 Å². The van der Waals surface area contributed by atoms with Crippen LogP contribution in [0.4, 0.5) is 5.69 Å². The van der Waals surface area contributed by atoms with Crippen molar-refractivity contribution in [2.24, 2.45) is 5.92 Å². The fourth-order valence-electron chi connectivity index (χ4n) is 1.89. The van der Waals surface area contributed by atoms with Gasteiger partial charge in [0, 0.05) is 18.3 Å². The molecule has 4 nitrogen and oxygen atoms in total. The Bertz CT molecular complexity index is 364. The minimum Gasteiger partial charge on any atom is -0.493 e. The number of anilines is 1. The highest BCUT2D eigenvalue weighted by Crippen LogP contribution is 2.30. The van der Waals surface area contributed by atoms with Crippen LogP contribution in [0.3, 0.4) is 0 Å². The lowest BCUT2D eigenvalue weighted by Crippen LogP contribution is -2.12. The van der Waals surface area contributed by atoms with Crippen LogP contribution in [0.15, 0.2) is 18.2 Å². The summed E-state index contributed by atoms with van der Waals surface area (Å²) in [6, 6.07) is 5.77. The number of ether oxygens (including phenoxy) is 2. The molecule has 0 fully saturated rings. The van der Waals surface area contributed by atoms with Crippen molar-refractivity contribution in [2.75, 3.05) is 32.2 Å². The molecule has 0 aromatic heterocycles. The molecular formula is C15H25NO3. The van der Waals surface area contributed by atoms with E-state index < -0.39 is 0 Å². The average molecular weight is 267 g/mol. The normalized spacial score (nSPS) is 10.6. The molecule has 0 aliphatic carbocycles. The van der Waals surface area contributed by atoms with Gasteiger partial charge >= 0.3 is 0 Å². The smallest absolute Gasteiger partial charge is 0.163 e. The Morgan fingerprint density at radius 1 is 1.21 bits per heavy atom. The van der Waals surface area contributed by atoms with Crippen LogP contribution >= 0.6 is 0 Å². The highest BCUT2D eigenvalue weighted by molar-refractivity contribution is 5.54. The first-order valence-electron chi connectivity index (χ1n) is 6.90. The van der Waals surface area contributed by atoms with Crippen LogP contribution in [-0.4, -0.2) is 32.0 Å². The van der Waals surface area contributed by atoms with E-state index in [1.165, 1.54) is 12.8 Å². The highest BCUT2D eigenvalue weighted by atomic mass is 16.5. The van der Waals surface area contributed by atoms with Crippen LogP contribution in [-0.2, 0) is 0 Å². The second kappa shape index (κ2) is 8.64. The van der Waals surface area contributed by atoms with Gasteiger partial charge in [-0.05, 0) is 18.1 Å². The SMILES string of the molecule is CCC(CC)CNc1ccc(OC)c(OCCO)c1. The van der Waals surface area contributed by atoms with E-state index in [1.807, 2.05) is 18.2 Å². The molecule has 0 aliphatic rings. The van der Waals surface area contributed by atoms with Crippen molar-refractivity contribution in [3.8, 4) is 11.5 Å². The number of hydrogen-bond donors (Lipinski definition) is 2. The van der Waals surface area contributed by atoms with Crippen molar-refractivity contribution >= 4 is 5.69 Å². The molecule has 0 amide bonds. The average Bonchev–Trinajstić information content (AvgIpc) is 2.46. The lowest BCUT2D eigenvalue weighted by molar-refractivity contribution is 0.196. The van der Waals surface area contributed by atoms with Gasteiger partial charge in [0.05, 0.1) is 13.7 Å². The van der Waals surface area contributed by atoms with E-state index in [9.17, 15) is 0 Å². The van der Waals surface area contributed by atoms with Crippen molar-refractivity contribution in [3.05, 3.63) is 18.2 Å². The molecule has 0 saturated heterocycles. The van der Waals surface area contributed by atoms with Crippen molar-refractivity contribution in [2.45, 2.75) is 26.7 Å². The maximum absolute atomic E-state index is 8.82. The molecule has 0 spiro atoms. The minimum atomic E-state index is -0.00540. The summed E-state index contributed by atoms with van der Waals surface area (Å²) in [5.74, 6) is 2.02. The summed E-state index contributed by atoms with van der Waals surface area (Å²) < 4.78 is 10.7. The number of hydrogen-bond acceptors (Lipinski definition) is 4. The van der Waals surface area contributed by atoms with Gasteiger partial charge in [0.25, 0.3) is 0 Å². The van der Waals surface area contributed by atoms with E-state index in [2.05, 4.69) is 19.2 Å². The zero-order valence-corrected chi connectivity index (χ0v) is 12.1. The van der Waals surface area contributed by atoms with Crippen molar-refractivity contribution < 1.29 is 14.6 Å². The third-order valence-corrected chi connectivity index (χ3v) is 3.26. The Morgan fingerprint density at radius 3 is 2.53 bits per heavy atom. The number of aliphatic hydroxyl groups excluding tert-OH is 1. The van der Waals surface area contributed by atoms with Crippen LogP contribution in [0.25, 0.3) is 0 Å². The van der Waals surface area contributed by atoms with Gasteiger partial charge in [0.1, 0.15) is 6.61 Å². The van der Waals surface area contributed by atoms with Crippen LogP contribution < -0.4 is 14.8 Å². The quantitative estimate of drug-likeness (QED) is 0.722. The predicted octanol–water partition coefficient (Wildman–Crippen LogP) is 2.91. The lowest BCUT2D eigenvalue weighted by Gasteiger charge is -2.16. The topological polar surface area (TPSA) is 50.7 Å². The standard InChI is InChI=1S/C15H25NO3/c1-4-12(5-2)11-16-13-6-7-14(18-3)15(10-13)19-9-8-17/h6-7,10,12,16-17H,4-5,8-9,11H2,1-3H3. The third-order valence-electron chi connectivity index (χ3n) is 3.26. The molecule has 0 atom stereocenters. The van der Waals surface area contributed by atoms with Crippen LogP contribution in [0, 0.1) is 5.92 Å². The first-order chi connectivity index (χ1) is 9.24. The van der Waals surface area contributed by atoms with E-state index >= 15 is 0 Å². The van der Waals surface area contributed by atoms with Crippen molar-refractivity contribution in [3.63, 3.8) is 0 Å². The summed E-state index contributed by atoms with van der Waals surface area (Å²) >= 11 is 0. The van der Waals surface area contributed by atoms with Gasteiger partial charge in [-0.2, -0.15) is 0 Å². The number of rotatable bonds is 9. The highest BCUT2D eigenvalue weighted by Gasteiger charge is 2.07. The molecule has 2 N–H and O–H groups in total. The molecule has 19 heavy (non-hydrogen) atoms. The second-order valence-electron chi connectivity index (χ2n) is 4.50. The van der Waals surface area contributed by atoms with Crippen LogP contribution in [0.1, 0.15) is 26.7 Å². The molecule has 0 bridgehead atoms. The molecule has 0 unspecified atom stereocenters. The molecular weight excluding hydrogens is 242 g/mol. The Hall–Kier alpha value is -1.42. The molecule has 0 radical (unpaired) electrons. The van der Waals surface area contributed by atoms with Crippen molar-refractivity contribution in [1.29, 1.82) is 0 Å². The van der Waals surface area contributed by atoms with E-state index in [1.54, 1.807) is 7.11 Å². The van der Waals surface area contributed by atoms with Crippen molar-refractivity contribution in [1.82, 2.24) is 0 Å². The number of methoxy groups -OCH3 is 1. The van der Waals surface area contributed by atoms with E-state index in [0.717, 1.165) is 12.2 Å². The number of nitrogens with one attached hydrogen (secondary N) is 1. The zero-order valence-electron chi connectivity index (χ0n) is 12.1. The monoisotopic (exact) mass is 267 g/mol. The first kappa shape index (κ1) is 15.6. The summed E-state index contributed by atoms with van der Waals surface area (Å²) in [5, 5.41) is 12.2.